The largest absolute Gasteiger partial charge is 0.377 e. The molecule has 1 fully saturated rings. The summed E-state index contributed by atoms with van der Waals surface area (Å²) in [6.07, 6.45) is 8.09. The van der Waals surface area contributed by atoms with E-state index in [9.17, 15) is 9.59 Å². The third-order valence-electron chi connectivity index (χ3n) is 4.70. The minimum Gasteiger partial charge on any atom is -0.377 e. The lowest BCUT2D eigenvalue weighted by Crippen LogP contribution is -2.36. The minimum atomic E-state index is -0.0553. The van der Waals surface area contributed by atoms with Crippen molar-refractivity contribution in [2.75, 3.05) is 24.3 Å². The van der Waals surface area contributed by atoms with Crippen LogP contribution in [-0.2, 0) is 4.79 Å². The zero-order chi connectivity index (χ0) is 18.2. The summed E-state index contributed by atoms with van der Waals surface area (Å²) >= 11 is 0. The Bertz CT molecular complexity index is 593. The summed E-state index contributed by atoms with van der Waals surface area (Å²) in [6.45, 7) is 2.06. The number of hydrogen-bond acceptors (Lipinski definition) is 3. The first-order chi connectivity index (χ1) is 12.0. The van der Waals surface area contributed by atoms with Crippen molar-refractivity contribution in [1.82, 2.24) is 5.32 Å². The first kappa shape index (κ1) is 19.3. The summed E-state index contributed by atoms with van der Waals surface area (Å²) in [5, 5.41) is 6.07. The molecule has 0 saturated heterocycles. The molecule has 5 heteroatoms. The Morgan fingerprint density at radius 3 is 2.52 bits per heavy atom. The molecule has 0 heterocycles. The van der Waals surface area contributed by atoms with Crippen LogP contribution in [0.25, 0.3) is 0 Å². The second-order valence-electron chi connectivity index (χ2n) is 7.09. The van der Waals surface area contributed by atoms with Crippen molar-refractivity contribution in [1.29, 1.82) is 0 Å². The molecule has 0 atom stereocenters. The molecular weight excluding hydrogens is 314 g/mol. The summed E-state index contributed by atoms with van der Waals surface area (Å²) in [5.41, 5.74) is 2.16. The van der Waals surface area contributed by atoms with Gasteiger partial charge in [0, 0.05) is 37.9 Å². The second-order valence-corrected chi connectivity index (χ2v) is 7.09. The van der Waals surface area contributed by atoms with Gasteiger partial charge in [0.1, 0.15) is 0 Å². The number of hydrogen-bond donors (Lipinski definition) is 2. The first-order valence-electron chi connectivity index (χ1n) is 9.43. The fourth-order valence-corrected chi connectivity index (χ4v) is 3.26. The van der Waals surface area contributed by atoms with Gasteiger partial charge in [0.25, 0.3) is 5.91 Å². The zero-order valence-electron chi connectivity index (χ0n) is 15.7. The van der Waals surface area contributed by atoms with Gasteiger partial charge in [0.2, 0.25) is 5.91 Å². The molecule has 1 aromatic rings. The van der Waals surface area contributed by atoms with Crippen molar-refractivity contribution in [3.05, 3.63) is 23.8 Å². The Morgan fingerprint density at radius 1 is 1.16 bits per heavy atom. The van der Waals surface area contributed by atoms with Crippen LogP contribution in [0.15, 0.2) is 18.2 Å². The molecule has 25 heavy (non-hydrogen) atoms. The number of amides is 2. The van der Waals surface area contributed by atoms with Crippen molar-refractivity contribution < 1.29 is 9.59 Å². The van der Waals surface area contributed by atoms with E-state index in [1.165, 1.54) is 19.3 Å². The predicted octanol–water partition coefficient (Wildman–Crippen LogP) is 3.94. The van der Waals surface area contributed by atoms with Crippen molar-refractivity contribution in [2.45, 2.75) is 64.3 Å². The molecule has 2 rings (SSSR count). The topological polar surface area (TPSA) is 61.4 Å². The number of nitrogens with one attached hydrogen (secondary N) is 2. The molecular formula is C20H31N3O2. The molecule has 2 amide bonds. The number of carbonyl (C=O) groups is 2. The van der Waals surface area contributed by atoms with Crippen LogP contribution in [0.4, 0.5) is 11.4 Å². The van der Waals surface area contributed by atoms with E-state index < -0.39 is 0 Å². The van der Waals surface area contributed by atoms with Gasteiger partial charge < -0.3 is 15.5 Å². The molecule has 0 aliphatic heterocycles. The molecule has 1 saturated carbocycles. The number of benzene rings is 1. The Balaban J connectivity index is 2.13. The average molecular weight is 345 g/mol. The average Bonchev–Trinajstić information content (AvgIpc) is 2.60. The van der Waals surface area contributed by atoms with Gasteiger partial charge in [-0.05, 0) is 37.5 Å². The van der Waals surface area contributed by atoms with Crippen molar-refractivity contribution in [2.24, 2.45) is 0 Å². The highest BCUT2D eigenvalue weighted by Crippen LogP contribution is 2.24. The molecule has 1 aromatic carbocycles. The normalized spacial score (nSPS) is 14.8. The summed E-state index contributed by atoms with van der Waals surface area (Å²) in [6, 6.07) is 5.80. The standard InChI is InChI=1S/C20H31N3O2/c1-4-5-11-19(24)21-16-12-13-18(23(2)3)17(14-16)20(25)22-15-9-7-6-8-10-15/h12-15H,4-11H2,1-3H3,(H,21,24)(H,22,25). The molecule has 138 valence electrons. The van der Waals surface area contributed by atoms with Gasteiger partial charge in [-0.1, -0.05) is 32.6 Å². The van der Waals surface area contributed by atoms with Gasteiger partial charge in [0.05, 0.1) is 5.56 Å². The van der Waals surface area contributed by atoms with Crippen LogP contribution in [0.3, 0.4) is 0 Å². The summed E-state index contributed by atoms with van der Waals surface area (Å²) in [5.74, 6) is -0.0571. The third-order valence-corrected chi connectivity index (χ3v) is 4.70. The van der Waals surface area contributed by atoms with Crippen molar-refractivity contribution >= 4 is 23.2 Å². The highest BCUT2D eigenvalue weighted by atomic mass is 16.2. The predicted molar refractivity (Wildman–Crippen MR) is 103 cm³/mol. The lowest BCUT2D eigenvalue weighted by atomic mass is 9.95. The number of carbonyl (C=O) groups excluding carboxylic acids is 2. The summed E-state index contributed by atoms with van der Waals surface area (Å²) in [4.78, 5) is 26.7. The maximum atomic E-state index is 12.8. The zero-order valence-corrected chi connectivity index (χ0v) is 15.7. The van der Waals surface area contributed by atoms with E-state index in [-0.39, 0.29) is 17.9 Å². The third kappa shape index (κ3) is 5.76. The summed E-state index contributed by atoms with van der Waals surface area (Å²) in [7, 11) is 3.85. The van der Waals surface area contributed by atoms with Crippen LogP contribution in [-0.4, -0.2) is 32.0 Å². The van der Waals surface area contributed by atoms with Gasteiger partial charge in [0.15, 0.2) is 0 Å². The number of anilines is 2. The van der Waals surface area contributed by atoms with Crippen LogP contribution in [0.1, 0.15) is 68.6 Å². The molecule has 1 aliphatic carbocycles. The highest BCUT2D eigenvalue weighted by Gasteiger charge is 2.20. The quantitative estimate of drug-likeness (QED) is 0.787. The Kier molecular flexibility index (Phi) is 7.29. The molecule has 0 radical (unpaired) electrons. The van der Waals surface area contributed by atoms with E-state index in [0.29, 0.717) is 17.7 Å². The number of nitrogens with zero attached hydrogens (tertiary/aromatic N) is 1. The SMILES string of the molecule is CCCCC(=O)Nc1ccc(N(C)C)c(C(=O)NC2CCCCC2)c1. The van der Waals surface area contributed by atoms with Crippen LogP contribution >= 0.6 is 0 Å². The minimum absolute atomic E-state index is 0.00177. The highest BCUT2D eigenvalue weighted by molar-refractivity contribution is 6.02. The Morgan fingerprint density at radius 2 is 1.88 bits per heavy atom. The monoisotopic (exact) mass is 345 g/mol. The fraction of sp³-hybridized carbons (Fsp3) is 0.600. The molecule has 0 bridgehead atoms. The van der Waals surface area contributed by atoms with Gasteiger partial charge in [-0.2, -0.15) is 0 Å². The molecule has 5 nitrogen and oxygen atoms in total. The maximum absolute atomic E-state index is 12.8. The molecule has 0 spiro atoms. The van der Waals surface area contributed by atoms with E-state index in [4.69, 9.17) is 0 Å². The van der Waals surface area contributed by atoms with E-state index in [1.54, 1.807) is 6.07 Å². The molecule has 0 unspecified atom stereocenters. The van der Waals surface area contributed by atoms with E-state index >= 15 is 0 Å². The van der Waals surface area contributed by atoms with Crippen LogP contribution in [0.5, 0.6) is 0 Å². The lowest BCUT2D eigenvalue weighted by molar-refractivity contribution is -0.116. The Hall–Kier alpha value is -2.04. The van der Waals surface area contributed by atoms with Gasteiger partial charge >= 0.3 is 0 Å². The number of unbranched alkanes of at least 4 members (excludes halogenated alkanes) is 1. The molecule has 0 aromatic heterocycles. The van der Waals surface area contributed by atoms with Crippen molar-refractivity contribution in [3.63, 3.8) is 0 Å². The number of rotatable bonds is 7. The van der Waals surface area contributed by atoms with E-state index in [2.05, 4.69) is 17.6 Å². The second kappa shape index (κ2) is 9.44. The van der Waals surface area contributed by atoms with Crippen LogP contribution < -0.4 is 15.5 Å². The van der Waals surface area contributed by atoms with E-state index in [1.807, 2.05) is 31.1 Å². The van der Waals surface area contributed by atoms with Gasteiger partial charge in [-0.15, -0.1) is 0 Å². The van der Waals surface area contributed by atoms with Crippen LogP contribution in [0, 0.1) is 0 Å². The first-order valence-corrected chi connectivity index (χ1v) is 9.43. The molecule has 1 aliphatic rings. The lowest BCUT2D eigenvalue weighted by Gasteiger charge is -2.24. The van der Waals surface area contributed by atoms with Gasteiger partial charge in [-0.25, -0.2) is 0 Å². The Labute approximate surface area is 151 Å². The van der Waals surface area contributed by atoms with E-state index in [0.717, 1.165) is 31.4 Å². The molecule has 2 N–H and O–H groups in total. The van der Waals surface area contributed by atoms with Crippen molar-refractivity contribution in [3.8, 4) is 0 Å². The van der Waals surface area contributed by atoms with Gasteiger partial charge in [-0.3, -0.25) is 9.59 Å². The fourth-order valence-electron chi connectivity index (χ4n) is 3.26. The smallest absolute Gasteiger partial charge is 0.253 e. The van der Waals surface area contributed by atoms with Crippen LogP contribution in [0.2, 0.25) is 0 Å². The maximum Gasteiger partial charge on any atom is 0.253 e. The summed E-state index contributed by atoms with van der Waals surface area (Å²) < 4.78 is 0.